The predicted molar refractivity (Wildman–Crippen MR) is 117 cm³/mol. The molecule has 2 N–H and O–H groups in total. The van der Waals surface area contributed by atoms with Gasteiger partial charge in [-0.25, -0.2) is 13.8 Å². The van der Waals surface area contributed by atoms with E-state index >= 15 is 0 Å². The normalized spacial score (nSPS) is 14.8. The zero-order valence-electron chi connectivity index (χ0n) is 18.1. The van der Waals surface area contributed by atoms with Gasteiger partial charge in [-0.05, 0) is 19.1 Å². The van der Waals surface area contributed by atoms with Crippen molar-refractivity contribution in [1.82, 2.24) is 15.3 Å². The van der Waals surface area contributed by atoms with Crippen LogP contribution in [0.1, 0.15) is 28.9 Å². The van der Waals surface area contributed by atoms with Crippen LogP contribution in [0.4, 0.5) is 14.6 Å². The largest absolute Gasteiger partial charge is 0.486 e. The first-order chi connectivity index (χ1) is 15.9. The van der Waals surface area contributed by atoms with Crippen molar-refractivity contribution in [3.8, 4) is 5.75 Å². The third kappa shape index (κ3) is 5.35. The maximum absolute atomic E-state index is 13.6. The number of halogens is 2. The van der Waals surface area contributed by atoms with Crippen LogP contribution >= 0.6 is 0 Å². The van der Waals surface area contributed by atoms with Crippen LogP contribution in [0.25, 0.3) is 11.0 Å². The van der Waals surface area contributed by atoms with Gasteiger partial charge >= 0.3 is 0 Å². The van der Waals surface area contributed by atoms with Gasteiger partial charge in [0.15, 0.2) is 0 Å². The Balaban J connectivity index is 1.75. The zero-order valence-corrected chi connectivity index (χ0v) is 18.1. The Morgan fingerprint density at radius 3 is 2.64 bits per heavy atom. The summed E-state index contributed by atoms with van der Waals surface area (Å²) in [4.78, 5) is 23.9. The standard InChI is InChI=1S/C23H24F2N4O4/c1-14(33-18-11-16(24)10-17(25)12-18)19-8-15(23(31)26-2-5-30)9-20-22(19)28-21(13-27-20)29-3-6-32-7-4-29/h8-14,30H,2-7H2,1H3,(H,26,31). The highest BCUT2D eigenvalue weighted by molar-refractivity contribution is 5.98. The van der Waals surface area contributed by atoms with Crippen molar-refractivity contribution in [2.45, 2.75) is 13.0 Å². The fraction of sp³-hybridized carbons (Fsp3) is 0.348. The lowest BCUT2D eigenvalue weighted by Crippen LogP contribution is -2.36. The minimum absolute atomic E-state index is 0.0144. The fourth-order valence-electron chi connectivity index (χ4n) is 3.65. The van der Waals surface area contributed by atoms with Crippen LogP contribution in [-0.4, -0.2) is 60.4 Å². The molecular weight excluding hydrogens is 434 g/mol. The first kappa shape index (κ1) is 22.8. The van der Waals surface area contributed by atoms with Gasteiger partial charge in [-0.15, -0.1) is 0 Å². The smallest absolute Gasteiger partial charge is 0.251 e. The van der Waals surface area contributed by atoms with E-state index in [1.165, 1.54) is 0 Å². The summed E-state index contributed by atoms with van der Waals surface area (Å²) in [5.41, 5.74) is 1.83. The summed E-state index contributed by atoms with van der Waals surface area (Å²) in [5.74, 6) is -1.23. The lowest BCUT2D eigenvalue weighted by atomic mass is 10.0. The molecule has 2 aromatic carbocycles. The summed E-state index contributed by atoms with van der Waals surface area (Å²) in [6, 6.07) is 6.16. The van der Waals surface area contributed by atoms with E-state index in [0.29, 0.717) is 54.3 Å². The first-order valence-electron chi connectivity index (χ1n) is 10.6. The van der Waals surface area contributed by atoms with Gasteiger partial charge in [0, 0.05) is 49.0 Å². The number of ether oxygens (including phenoxy) is 2. The van der Waals surface area contributed by atoms with Crippen LogP contribution < -0.4 is 15.0 Å². The first-order valence-corrected chi connectivity index (χ1v) is 10.6. The minimum atomic E-state index is -0.756. The number of anilines is 1. The molecule has 1 fully saturated rings. The molecule has 0 bridgehead atoms. The SMILES string of the molecule is CC(Oc1cc(F)cc(F)c1)c1cc(C(=O)NCCO)cc2ncc(N3CCOCC3)nc12. The Labute approximate surface area is 189 Å². The lowest BCUT2D eigenvalue weighted by Gasteiger charge is -2.28. The van der Waals surface area contributed by atoms with E-state index in [-0.39, 0.29) is 18.9 Å². The van der Waals surface area contributed by atoms with Gasteiger partial charge in [0.25, 0.3) is 5.91 Å². The number of morpholine rings is 1. The summed E-state index contributed by atoms with van der Waals surface area (Å²) in [6.07, 6.45) is 0.939. The molecule has 1 unspecified atom stereocenters. The molecule has 0 spiro atoms. The lowest BCUT2D eigenvalue weighted by molar-refractivity contribution is 0.0944. The van der Waals surface area contributed by atoms with Gasteiger partial charge in [0.05, 0.1) is 37.1 Å². The molecule has 1 amide bonds. The van der Waals surface area contributed by atoms with Gasteiger partial charge in [0.1, 0.15) is 29.3 Å². The number of rotatable bonds is 7. The Morgan fingerprint density at radius 1 is 1.21 bits per heavy atom. The van der Waals surface area contributed by atoms with Crippen LogP contribution in [0.2, 0.25) is 0 Å². The van der Waals surface area contributed by atoms with E-state index in [1.54, 1.807) is 25.3 Å². The Bertz CT molecular complexity index is 1130. The second-order valence-corrected chi connectivity index (χ2v) is 7.61. The maximum Gasteiger partial charge on any atom is 0.251 e. The van der Waals surface area contributed by atoms with Crippen molar-refractivity contribution in [2.75, 3.05) is 44.4 Å². The molecule has 0 saturated carbocycles. The highest BCUT2D eigenvalue weighted by Crippen LogP contribution is 2.30. The average Bonchev–Trinajstić information content (AvgIpc) is 2.81. The monoisotopic (exact) mass is 458 g/mol. The zero-order chi connectivity index (χ0) is 23.4. The molecule has 174 valence electrons. The summed E-state index contributed by atoms with van der Waals surface area (Å²) < 4.78 is 38.5. The van der Waals surface area contributed by atoms with Crippen molar-refractivity contribution in [1.29, 1.82) is 0 Å². The molecule has 3 aromatic rings. The quantitative estimate of drug-likeness (QED) is 0.562. The van der Waals surface area contributed by atoms with Gasteiger partial charge < -0.3 is 24.8 Å². The summed E-state index contributed by atoms with van der Waals surface area (Å²) in [7, 11) is 0. The number of carbonyl (C=O) groups is 1. The molecule has 8 nitrogen and oxygen atoms in total. The van der Waals surface area contributed by atoms with Crippen molar-refractivity contribution in [2.24, 2.45) is 0 Å². The Hall–Kier alpha value is -3.37. The predicted octanol–water partition coefficient (Wildman–Crippen LogP) is 2.61. The number of nitrogens with one attached hydrogen (secondary N) is 1. The van der Waals surface area contributed by atoms with Crippen molar-refractivity contribution in [3.63, 3.8) is 0 Å². The molecular formula is C23H24F2N4O4. The fourth-order valence-corrected chi connectivity index (χ4v) is 3.65. The number of aromatic nitrogens is 2. The summed E-state index contributed by atoms with van der Waals surface area (Å²) in [6.45, 7) is 4.12. The second-order valence-electron chi connectivity index (χ2n) is 7.61. The van der Waals surface area contributed by atoms with Crippen LogP contribution in [0.5, 0.6) is 5.75 Å². The maximum atomic E-state index is 13.6. The molecule has 2 heterocycles. The van der Waals surface area contributed by atoms with Crippen molar-refractivity contribution in [3.05, 3.63) is 59.3 Å². The number of hydrogen-bond acceptors (Lipinski definition) is 7. The van der Waals surface area contributed by atoms with E-state index in [9.17, 15) is 13.6 Å². The van der Waals surface area contributed by atoms with Crippen LogP contribution in [0.3, 0.4) is 0 Å². The number of benzene rings is 2. The van der Waals surface area contributed by atoms with E-state index in [4.69, 9.17) is 19.6 Å². The third-order valence-electron chi connectivity index (χ3n) is 5.25. The molecule has 0 radical (unpaired) electrons. The van der Waals surface area contributed by atoms with Crippen LogP contribution in [0.15, 0.2) is 36.5 Å². The molecule has 0 aliphatic carbocycles. The van der Waals surface area contributed by atoms with Gasteiger partial charge in [-0.2, -0.15) is 0 Å². The van der Waals surface area contributed by atoms with Gasteiger partial charge in [-0.1, -0.05) is 0 Å². The number of carbonyl (C=O) groups excluding carboxylic acids is 1. The van der Waals surface area contributed by atoms with E-state index in [1.807, 2.05) is 0 Å². The van der Waals surface area contributed by atoms with Crippen molar-refractivity contribution < 1.29 is 28.2 Å². The van der Waals surface area contributed by atoms with E-state index in [2.05, 4.69) is 15.2 Å². The molecule has 4 rings (SSSR count). The number of fused-ring (bicyclic) bond motifs is 1. The third-order valence-corrected chi connectivity index (χ3v) is 5.25. The molecule has 1 atom stereocenters. The molecule has 33 heavy (non-hydrogen) atoms. The molecule has 1 aliphatic rings. The second kappa shape index (κ2) is 10.1. The minimum Gasteiger partial charge on any atom is -0.486 e. The highest BCUT2D eigenvalue weighted by atomic mass is 19.1. The number of aliphatic hydroxyl groups is 1. The van der Waals surface area contributed by atoms with Crippen molar-refractivity contribution >= 4 is 22.8 Å². The van der Waals surface area contributed by atoms with E-state index in [0.717, 1.165) is 18.2 Å². The number of hydrogen-bond donors (Lipinski definition) is 2. The van der Waals surface area contributed by atoms with Gasteiger partial charge in [-0.3, -0.25) is 9.78 Å². The number of aliphatic hydroxyl groups excluding tert-OH is 1. The van der Waals surface area contributed by atoms with E-state index < -0.39 is 23.6 Å². The highest BCUT2D eigenvalue weighted by Gasteiger charge is 2.20. The Morgan fingerprint density at radius 2 is 1.94 bits per heavy atom. The molecule has 1 aromatic heterocycles. The summed E-state index contributed by atoms with van der Waals surface area (Å²) >= 11 is 0. The van der Waals surface area contributed by atoms with Crippen LogP contribution in [0, 0.1) is 11.6 Å². The Kier molecular flexibility index (Phi) is 6.95. The molecule has 10 heteroatoms. The van der Waals surface area contributed by atoms with Gasteiger partial charge in [0.2, 0.25) is 0 Å². The van der Waals surface area contributed by atoms with Crippen LogP contribution in [-0.2, 0) is 4.74 Å². The molecule has 1 aliphatic heterocycles. The topological polar surface area (TPSA) is 96.8 Å². The molecule has 1 saturated heterocycles. The summed E-state index contributed by atoms with van der Waals surface area (Å²) in [5, 5.41) is 11.6. The number of nitrogens with zero attached hydrogens (tertiary/aromatic N) is 3. The number of amides is 1. The average molecular weight is 458 g/mol.